The van der Waals surface area contributed by atoms with Crippen molar-refractivity contribution in [2.75, 3.05) is 13.2 Å². The Balaban J connectivity index is 4.41. The van der Waals surface area contributed by atoms with Crippen molar-refractivity contribution >= 4 is 17.9 Å². The van der Waals surface area contributed by atoms with Gasteiger partial charge in [-0.1, -0.05) is 171 Å². The van der Waals surface area contributed by atoms with Crippen molar-refractivity contribution in [3.8, 4) is 0 Å². The van der Waals surface area contributed by atoms with Gasteiger partial charge < -0.3 is 14.2 Å². The van der Waals surface area contributed by atoms with Gasteiger partial charge in [-0.3, -0.25) is 14.4 Å². The Hall–Kier alpha value is -3.15. The fraction of sp³-hybridized carbons (Fsp3) is 0.700. The number of hydrogen-bond donors (Lipinski definition) is 0. The summed E-state index contributed by atoms with van der Waals surface area (Å²) in [5.41, 5.74) is 0. The van der Waals surface area contributed by atoms with Crippen LogP contribution in [0.25, 0.3) is 0 Å². The van der Waals surface area contributed by atoms with Crippen LogP contribution in [0.4, 0.5) is 0 Å². The topological polar surface area (TPSA) is 78.9 Å². The van der Waals surface area contributed by atoms with E-state index in [1.165, 1.54) is 57.8 Å². The molecule has 0 aliphatic heterocycles. The highest BCUT2D eigenvalue weighted by molar-refractivity contribution is 5.71. The molecule has 0 aromatic heterocycles. The third-order valence-corrected chi connectivity index (χ3v) is 9.45. The fourth-order valence-corrected chi connectivity index (χ4v) is 5.99. The monoisotopic (exact) mass is 781 g/mol. The van der Waals surface area contributed by atoms with Crippen molar-refractivity contribution in [3.63, 3.8) is 0 Å². The lowest BCUT2D eigenvalue weighted by molar-refractivity contribution is -0.167. The zero-order valence-corrected chi connectivity index (χ0v) is 36.4. The molecule has 1 unspecified atom stereocenters. The van der Waals surface area contributed by atoms with Gasteiger partial charge in [-0.05, 0) is 89.9 Å². The molecule has 0 saturated carbocycles. The van der Waals surface area contributed by atoms with Gasteiger partial charge in [0.25, 0.3) is 0 Å². The number of carbonyl (C=O) groups is 3. The van der Waals surface area contributed by atoms with Gasteiger partial charge in [0.2, 0.25) is 0 Å². The summed E-state index contributed by atoms with van der Waals surface area (Å²) in [6.45, 7) is 6.39. The minimum Gasteiger partial charge on any atom is -0.462 e. The lowest BCUT2D eigenvalue weighted by Crippen LogP contribution is -2.30. The molecule has 0 N–H and O–H groups in total. The largest absolute Gasteiger partial charge is 0.462 e. The molecule has 0 rings (SSSR count). The maximum atomic E-state index is 12.7. The molecule has 0 saturated heterocycles. The van der Waals surface area contributed by atoms with Gasteiger partial charge in [0.05, 0.1) is 0 Å². The second kappa shape index (κ2) is 44.6. The minimum absolute atomic E-state index is 0.0971. The maximum Gasteiger partial charge on any atom is 0.306 e. The summed E-state index contributed by atoms with van der Waals surface area (Å²) < 4.78 is 16.6. The van der Waals surface area contributed by atoms with Crippen molar-refractivity contribution in [1.29, 1.82) is 0 Å². The number of allylic oxidation sites excluding steroid dienone is 12. The number of ether oxygens (including phenoxy) is 3. The smallest absolute Gasteiger partial charge is 0.306 e. The Labute approximate surface area is 344 Å². The highest BCUT2D eigenvalue weighted by Crippen LogP contribution is 2.12. The Morgan fingerprint density at radius 3 is 1.14 bits per heavy atom. The third kappa shape index (κ3) is 42.0. The van der Waals surface area contributed by atoms with Crippen LogP contribution in [-0.2, 0) is 28.6 Å². The van der Waals surface area contributed by atoms with Crippen LogP contribution in [0.1, 0.15) is 207 Å². The Bertz CT molecular complexity index is 1080. The summed E-state index contributed by atoms with van der Waals surface area (Å²) in [5, 5.41) is 0. The van der Waals surface area contributed by atoms with E-state index >= 15 is 0 Å². The van der Waals surface area contributed by atoms with Crippen molar-refractivity contribution < 1.29 is 28.6 Å². The van der Waals surface area contributed by atoms with Crippen LogP contribution in [-0.4, -0.2) is 37.2 Å². The molecule has 0 amide bonds. The summed E-state index contributed by atoms with van der Waals surface area (Å²) in [5.74, 6) is -0.965. The first-order valence-electron chi connectivity index (χ1n) is 22.9. The average molecular weight is 781 g/mol. The lowest BCUT2D eigenvalue weighted by Gasteiger charge is -2.18. The van der Waals surface area contributed by atoms with Crippen LogP contribution < -0.4 is 0 Å². The Kier molecular flexibility index (Phi) is 42.1. The average Bonchev–Trinajstić information content (AvgIpc) is 3.19. The molecule has 0 aromatic rings. The summed E-state index contributed by atoms with van der Waals surface area (Å²) >= 11 is 0. The van der Waals surface area contributed by atoms with Gasteiger partial charge in [0, 0.05) is 19.3 Å². The van der Waals surface area contributed by atoms with E-state index in [0.717, 1.165) is 103 Å². The van der Waals surface area contributed by atoms with E-state index in [9.17, 15) is 14.4 Å². The second-order valence-electron chi connectivity index (χ2n) is 14.9. The number of rotatable bonds is 40. The molecule has 0 radical (unpaired) electrons. The minimum atomic E-state index is -0.798. The molecule has 56 heavy (non-hydrogen) atoms. The first-order chi connectivity index (χ1) is 27.5. The van der Waals surface area contributed by atoms with Crippen molar-refractivity contribution in [1.82, 2.24) is 0 Å². The third-order valence-electron chi connectivity index (χ3n) is 9.45. The molecule has 0 bridgehead atoms. The molecule has 0 aromatic carbocycles. The summed E-state index contributed by atoms with van der Waals surface area (Å²) in [6.07, 6.45) is 54.7. The molecule has 0 fully saturated rings. The SMILES string of the molecule is CC/C=C\C/C=C\C/C=C\C/C=C\CCCCC(=O)OC(COC(=O)CCCCCCC/C=C\C/C=C\CCCCCC)COC(=O)CCCCCCCCC. The maximum absolute atomic E-state index is 12.7. The van der Waals surface area contributed by atoms with Crippen LogP contribution in [0.2, 0.25) is 0 Å². The van der Waals surface area contributed by atoms with Crippen LogP contribution in [0.5, 0.6) is 0 Å². The fourth-order valence-electron chi connectivity index (χ4n) is 5.99. The zero-order chi connectivity index (χ0) is 40.8. The van der Waals surface area contributed by atoms with E-state index in [4.69, 9.17) is 14.2 Å². The van der Waals surface area contributed by atoms with Crippen LogP contribution in [0.3, 0.4) is 0 Å². The van der Waals surface area contributed by atoms with Gasteiger partial charge >= 0.3 is 17.9 Å². The zero-order valence-electron chi connectivity index (χ0n) is 36.4. The van der Waals surface area contributed by atoms with Gasteiger partial charge in [-0.2, -0.15) is 0 Å². The van der Waals surface area contributed by atoms with Gasteiger partial charge in [0.15, 0.2) is 6.10 Å². The Morgan fingerprint density at radius 1 is 0.375 bits per heavy atom. The van der Waals surface area contributed by atoms with E-state index < -0.39 is 6.10 Å². The molecule has 0 aliphatic rings. The predicted octanol–water partition coefficient (Wildman–Crippen LogP) is 14.7. The molecule has 0 spiro atoms. The molecule has 0 aliphatic carbocycles. The first kappa shape index (κ1) is 52.9. The molecule has 6 heteroatoms. The number of unbranched alkanes of at least 4 members (excludes halogenated alkanes) is 17. The van der Waals surface area contributed by atoms with E-state index in [1.54, 1.807) is 0 Å². The molecular weight excluding hydrogens is 697 g/mol. The number of hydrogen-bond acceptors (Lipinski definition) is 6. The van der Waals surface area contributed by atoms with Gasteiger partial charge in [0.1, 0.15) is 13.2 Å². The van der Waals surface area contributed by atoms with Gasteiger partial charge in [-0.25, -0.2) is 0 Å². The van der Waals surface area contributed by atoms with E-state index in [0.29, 0.717) is 19.3 Å². The number of esters is 3. The molecule has 320 valence electrons. The van der Waals surface area contributed by atoms with Crippen molar-refractivity contribution in [2.24, 2.45) is 0 Å². The summed E-state index contributed by atoms with van der Waals surface area (Å²) in [6, 6.07) is 0. The van der Waals surface area contributed by atoms with E-state index in [1.807, 2.05) is 0 Å². The Morgan fingerprint density at radius 2 is 0.696 bits per heavy atom. The summed E-state index contributed by atoms with van der Waals surface area (Å²) in [4.78, 5) is 37.6. The van der Waals surface area contributed by atoms with Crippen molar-refractivity contribution in [2.45, 2.75) is 213 Å². The standard InChI is InChI=1S/C50H84O6/c1-4-7-10-13-16-18-20-22-24-26-27-29-31-34-37-40-43-49(52)55-46-47(45-54-48(51)42-39-36-33-15-12-9-6-3)56-50(53)44-41-38-35-32-30-28-25-23-21-19-17-14-11-8-5-2/h8,11,17-20,23-26,30,32,47H,4-7,9-10,12-16,21-22,27-29,31,33-46H2,1-3H3/b11-8-,19-17-,20-18-,25-23-,26-24-,32-30-. The second-order valence-corrected chi connectivity index (χ2v) is 14.9. The summed E-state index contributed by atoms with van der Waals surface area (Å²) in [7, 11) is 0. The van der Waals surface area contributed by atoms with Crippen LogP contribution >= 0.6 is 0 Å². The first-order valence-corrected chi connectivity index (χ1v) is 22.9. The quantitative estimate of drug-likeness (QED) is 0.0267. The molecule has 0 heterocycles. The highest BCUT2D eigenvalue weighted by Gasteiger charge is 2.19. The lowest BCUT2D eigenvalue weighted by atomic mass is 10.1. The number of carbonyl (C=O) groups excluding carboxylic acids is 3. The van der Waals surface area contributed by atoms with E-state index in [-0.39, 0.29) is 37.5 Å². The van der Waals surface area contributed by atoms with Gasteiger partial charge in [-0.15, -0.1) is 0 Å². The van der Waals surface area contributed by atoms with E-state index in [2.05, 4.69) is 93.7 Å². The van der Waals surface area contributed by atoms with Crippen LogP contribution in [0, 0.1) is 0 Å². The highest BCUT2D eigenvalue weighted by atomic mass is 16.6. The molecule has 6 nitrogen and oxygen atoms in total. The predicted molar refractivity (Wildman–Crippen MR) is 238 cm³/mol. The molecular formula is C50H84O6. The normalized spacial score (nSPS) is 12.7. The van der Waals surface area contributed by atoms with Crippen LogP contribution in [0.15, 0.2) is 72.9 Å². The molecule has 1 atom stereocenters. The van der Waals surface area contributed by atoms with Crippen molar-refractivity contribution in [3.05, 3.63) is 72.9 Å².